The number of carbonyl (C=O) groups excluding carboxylic acids is 1. The molecule has 0 radical (unpaired) electrons. The quantitative estimate of drug-likeness (QED) is 0.673. The summed E-state index contributed by atoms with van der Waals surface area (Å²) in [5.41, 5.74) is 7.33. The summed E-state index contributed by atoms with van der Waals surface area (Å²) in [7, 11) is 0. The fraction of sp³-hybridized carbons (Fsp3) is 0.650. The summed E-state index contributed by atoms with van der Waals surface area (Å²) in [6.45, 7) is 10.4. The van der Waals surface area contributed by atoms with Crippen LogP contribution in [0, 0.1) is 5.41 Å². The minimum absolute atomic E-state index is 0.0305. The van der Waals surface area contributed by atoms with Crippen molar-refractivity contribution in [2.24, 2.45) is 11.1 Å². The van der Waals surface area contributed by atoms with Crippen LogP contribution in [0.1, 0.15) is 51.7 Å². The lowest BCUT2D eigenvalue weighted by Gasteiger charge is -2.57. The molecule has 1 fully saturated rings. The van der Waals surface area contributed by atoms with Gasteiger partial charge in [0, 0.05) is 31.6 Å². The third-order valence-electron chi connectivity index (χ3n) is 5.40. The number of rotatable bonds is 9. The van der Waals surface area contributed by atoms with Crippen molar-refractivity contribution in [1.29, 1.82) is 0 Å². The standard InChI is InChI=1S/C20H32N2O3/c1-5-11-24-14-16-10-8-7-9-15(16)13-22-18(23)20(21)12-17(25-6-2)19(20,3)4/h7-10,17H,5-6,11-14,21H2,1-4H3,(H,22,23). The van der Waals surface area contributed by atoms with E-state index in [0.717, 1.165) is 24.2 Å². The maximum Gasteiger partial charge on any atom is 0.241 e. The first kappa shape index (κ1) is 19.9. The molecule has 0 heterocycles. The molecule has 2 atom stereocenters. The van der Waals surface area contributed by atoms with Crippen molar-refractivity contribution in [3.05, 3.63) is 35.4 Å². The number of benzene rings is 1. The SMILES string of the molecule is CCCOCc1ccccc1CNC(=O)C1(N)CC(OCC)C1(C)C. The first-order valence-electron chi connectivity index (χ1n) is 9.20. The maximum atomic E-state index is 12.7. The van der Waals surface area contributed by atoms with Crippen molar-refractivity contribution in [3.63, 3.8) is 0 Å². The summed E-state index contributed by atoms with van der Waals surface area (Å²) in [5.74, 6) is -0.113. The number of amides is 1. The zero-order valence-corrected chi connectivity index (χ0v) is 15.9. The van der Waals surface area contributed by atoms with Gasteiger partial charge in [-0.1, -0.05) is 45.0 Å². The molecule has 0 aromatic heterocycles. The average molecular weight is 348 g/mol. The van der Waals surface area contributed by atoms with E-state index in [2.05, 4.69) is 12.2 Å². The molecule has 1 aliphatic carbocycles. The predicted octanol–water partition coefficient (Wildman–Crippen LogP) is 2.76. The normalized spacial score (nSPS) is 24.6. The number of hydrogen-bond acceptors (Lipinski definition) is 4. The van der Waals surface area contributed by atoms with Crippen molar-refractivity contribution >= 4 is 5.91 Å². The minimum Gasteiger partial charge on any atom is -0.378 e. The van der Waals surface area contributed by atoms with Gasteiger partial charge < -0.3 is 20.5 Å². The number of nitrogens with one attached hydrogen (secondary N) is 1. The van der Waals surface area contributed by atoms with Crippen LogP contribution in [0.4, 0.5) is 0 Å². The summed E-state index contributed by atoms with van der Waals surface area (Å²) in [4.78, 5) is 12.7. The van der Waals surface area contributed by atoms with Crippen LogP contribution in [0.5, 0.6) is 0 Å². The molecule has 2 unspecified atom stereocenters. The second-order valence-electron chi connectivity index (χ2n) is 7.35. The molecule has 0 aliphatic heterocycles. The van der Waals surface area contributed by atoms with E-state index in [1.54, 1.807) is 0 Å². The zero-order chi connectivity index (χ0) is 18.5. The topological polar surface area (TPSA) is 73.6 Å². The van der Waals surface area contributed by atoms with Crippen LogP contribution in [0.25, 0.3) is 0 Å². The highest BCUT2D eigenvalue weighted by molar-refractivity contribution is 5.88. The van der Waals surface area contributed by atoms with Crippen LogP contribution < -0.4 is 11.1 Å². The predicted molar refractivity (Wildman–Crippen MR) is 99.0 cm³/mol. The molecule has 5 heteroatoms. The zero-order valence-electron chi connectivity index (χ0n) is 15.9. The monoisotopic (exact) mass is 348 g/mol. The average Bonchev–Trinajstić information content (AvgIpc) is 2.60. The molecule has 0 bridgehead atoms. The second kappa shape index (κ2) is 8.30. The van der Waals surface area contributed by atoms with Gasteiger partial charge >= 0.3 is 0 Å². The van der Waals surface area contributed by atoms with E-state index in [-0.39, 0.29) is 17.4 Å². The van der Waals surface area contributed by atoms with Crippen molar-refractivity contribution < 1.29 is 14.3 Å². The van der Waals surface area contributed by atoms with Crippen LogP contribution in [0.3, 0.4) is 0 Å². The summed E-state index contributed by atoms with van der Waals surface area (Å²) in [5, 5.41) is 3.02. The Morgan fingerprint density at radius 2 is 1.96 bits per heavy atom. The molecule has 5 nitrogen and oxygen atoms in total. The Morgan fingerprint density at radius 1 is 1.28 bits per heavy atom. The lowest BCUT2D eigenvalue weighted by atomic mass is 9.54. The van der Waals surface area contributed by atoms with Gasteiger partial charge in [-0.15, -0.1) is 0 Å². The molecule has 1 amide bonds. The highest BCUT2D eigenvalue weighted by atomic mass is 16.5. The fourth-order valence-electron chi connectivity index (χ4n) is 3.35. The Labute approximate surface area is 151 Å². The van der Waals surface area contributed by atoms with Gasteiger partial charge in [0.25, 0.3) is 0 Å². The fourth-order valence-corrected chi connectivity index (χ4v) is 3.35. The van der Waals surface area contributed by atoms with E-state index in [1.165, 1.54) is 0 Å². The van der Waals surface area contributed by atoms with E-state index in [9.17, 15) is 4.79 Å². The van der Waals surface area contributed by atoms with Crippen LogP contribution in [0.2, 0.25) is 0 Å². The molecule has 1 aromatic carbocycles. The van der Waals surface area contributed by atoms with E-state index in [1.807, 2.05) is 45.0 Å². The summed E-state index contributed by atoms with van der Waals surface area (Å²) in [6.07, 6.45) is 1.58. The smallest absolute Gasteiger partial charge is 0.241 e. The molecule has 0 spiro atoms. The van der Waals surface area contributed by atoms with Gasteiger partial charge in [0.15, 0.2) is 0 Å². The third kappa shape index (κ3) is 4.05. The number of hydrogen-bond donors (Lipinski definition) is 2. The molecular weight excluding hydrogens is 316 g/mol. The van der Waals surface area contributed by atoms with Crippen molar-refractivity contribution in [1.82, 2.24) is 5.32 Å². The van der Waals surface area contributed by atoms with Crippen LogP contribution in [-0.4, -0.2) is 30.8 Å². The molecule has 3 N–H and O–H groups in total. The number of carbonyl (C=O) groups is 1. The maximum absolute atomic E-state index is 12.7. The Balaban J connectivity index is 1.97. The van der Waals surface area contributed by atoms with Gasteiger partial charge in [0.2, 0.25) is 5.91 Å². The van der Waals surface area contributed by atoms with Crippen molar-refractivity contribution in [2.45, 2.75) is 65.3 Å². The van der Waals surface area contributed by atoms with E-state index in [0.29, 0.717) is 26.2 Å². The first-order valence-corrected chi connectivity index (χ1v) is 9.20. The van der Waals surface area contributed by atoms with Crippen molar-refractivity contribution in [3.8, 4) is 0 Å². The van der Waals surface area contributed by atoms with E-state index >= 15 is 0 Å². The first-order chi connectivity index (χ1) is 11.9. The van der Waals surface area contributed by atoms with Gasteiger partial charge in [0.1, 0.15) is 5.54 Å². The second-order valence-corrected chi connectivity index (χ2v) is 7.35. The lowest BCUT2D eigenvalue weighted by Crippen LogP contribution is -2.75. The van der Waals surface area contributed by atoms with Crippen LogP contribution >= 0.6 is 0 Å². The summed E-state index contributed by atoms with van der Waals surface area (Å²) >= 11 is 0. The molecule has 1 aliphatic rings. The Hall–Kier alpha value is -1.43. The summed E-state index contributed by atoms with van der Waals surface area (Å²) < 4.78 is 11.3. The van der Waals surface area contributed by atoms with Crippen LogP contribution in [-0.2, 0) is 27.4 Å². The number of nitrogens with two attached hydrogens (primary N) is 1. The van der Waals surface area contributed by atoms with Gasteiger partial charge in [-0.3, -0.25) is 4.79 Å². The van der Waals surface area contributed by atoms with E-state index < -0.39 is 5.54 Å². The largest absolute Gasteiger partial charge is 0.378 e. The van der Waals surface area contributed by atoms with Crippen molar-refractivity contribution in [2.75, 3.05) is 13.2 Å². The highest BCUT2D eigenvalue weighted by Crippen LogP contribution is 2.49. The van der Waals surface area contributed by atoms with Gasteiger partial charge in [-0.2, -0.15) is 0 Å². The minimum atomic E-state index is -0.888. The summed E-state index contributed by atoms with van der Waals surface area (Å²) in [6, 6.07) is 8.01. The van der Waals surface area contributed by atoms with Gasteiger partial charge in [0.05, 0.1) is 12.7 Å². The highest BCUT2D eigenvalue weighted by Gasteiger charge is 2.62. The van der Waals surface area contributed by atoms with E-state index in [4.69, 9.17) is 15.2 Å². The van der Waals surface area contributed by atoms with Crippen LogP contribution in [0.15, 0.2) is 24.3 Å². The lowest BCUT2D eigenvalue weighted by molar-refractivity contribution is -0.170. The Bertz CT molecular complexity index is 588. The Kier molecular flexibility index (Phi) is 6.60. The molecule has 1 saturated carbocycles. The number of ether oxygens (including phenoxy) is 2. The van der Waals surface area contributed by atoms with Gasteiger partial charge in [-0.25, -0.2) is 0 Å². The molecule has 0 saturated heterocycles. The molecule has 25 heavy (non-hydrogen) atoms. The van der Waals surface area contributed by atoms with Gasteiger partial charge in [-0.05, 0) is 24.5 Å². The molecular formula is C20H32N2O3. The third-order valence-corrected chi connectivity index (χ3v) is 5.40. The Morgan fingerprint density at radius 3 is 2.56 bits per heavy atom. The molecule has 140 valence electrons. The molecule has 1 aromatic rings. The molecule has 2 rings (SSSR count).